The van der Waals surface area contributed by atoms with E-state index in [1.807, 2.05) is 27.7 Å². The summed E-state index contributed by atoms with van der Waals surface area (Å²) in [5.41, 5.74) is 2.62. The maximum absolute atomic E-state index is 2.41. The van der Waals surface area contributed by atoms with Crippen LogP contribution in [0.25, 0.3) is 0 Å². The van der Waals surface area contributed by atoms with Crippen molar-refractivity contribution in [3.8, 4) is 0 Å². The summed E-state index contributed by atoms with van der Waals surface area (Å²) >= 11 is 0. The Morgan fingerprint density at radius 3 is 1.24 bits per heavy atom. The average molecular weight is 284 g/mol. The van der Waals surface area contributed by atoms with E-state index < -0.39 is 0 Å². The molecule has 0 bridgehead atoms. The van der Waals surface area contributed by atoms with Crippen LogP contribution in [0.2, 0.25) is 0 Å². The first-order valence-corrected chi connectivity index (χ1v) is 8.03. The highest BCUT2D eigenvalue weighted by Crippen LogP contribution is 2.22. The van der Waals surface area contributed by atoms with Gasteiger partial charge < -0.3 is 9.80 Å². The lowest BCUT2D eigenvalue weighted by Gasteiger charge is -2.21. The Kier molecular flexibility index (Phi) is 8.03. The Bertz CT molecular complexity index is 422. The Balaban J connectivity index is 0.000000510. The smallest absolute Gasteiger partial charge is 0.0904 e. The second-order valence-corrected chi connectivity index (χ2v) is 4.34. The monoisotopic (exact) mass is 284 g/mol. The summed E-state index contributed by atoms with van der Waals surface area (Å²) in [5, 5.41) is 0. The molecule has 21 heavy (non-hydrogen) atoms. The van der Waals surface area contributed by atoms with E-state index in [0.29, 0.717) is 0 Å². The van der Waals surface area contributed by atoms with Crippen molar-refractivity contribution in [3.63, 3.8) is 0 Å². The first-order valence-electron chi connectivity index (χ1n) is 8.03. The summed E-state index contributed by atoms with van der Waals surface area (Å²) in [6.45, 7) is 11.2. The summed E-state index contributed by atoms with van der Waals surface area (Å²) in [7, 11) is 0. The molecule has 1 heterocycles. The Hall–Kier alpha value is -1.96. The standard InChI is InChI=1S/C15H16N2.2C2H6/c1-3-7-14(8-4-1)16-11-12-17(13-16)15-9-5-2-6-10-15;2*1-2/h1-10H,11-13H2;2*1-2H3. The molecule has 2 aromatic rings. The zero-order chi connectivity index (χ0) is 15.5. The molecular weight excluding hydrogens is 256 g/mol. The number of anilines is 2. The number of hydrogen-bond donors (Lipinski definition) is 0. The van der Waals surface area contributed by atoms with Gasteiger partial charge in [-0.1, -0.05) is 64.1 Å². The fourth-order valence-electron chi connectivity index (χ4n) is 2.29. The van der Waals surface area contributed by atoms with E-state index in [-0.39, 0.29) is 0 Å². The van der Waals surface area contributed by atoms with E-state index in [9.17, 15) is 0 Å². The maximum atomic E-state index is 2.41. The third-order valence-corrected chi connectivity index (χ3v) is 3.22. The van der Waals surface area contributed by atoms with Crippen molar-refractivity contribution in [2.75, 3.05) is 29.6 Å². The predicted octanol–water partition coefficient (Wildman–Crippen LogP) is 5.02. The van der Waals surface area contributed by atoms with Crippen LogP contribution in [0, 0.1) is 0 Å². The van der Waals surface area contributed by atoms with Crippen LogP contribution >= 0.6 is 0 Å². The lowest BCUT2D eigenvalue weighted by molar-refractivity contribution is 0.949. The van der Waals surface area contributed by atoms with Crippen LogP contribution in [0.4, 0.5) is 11.4 Å². The van der Waals surface area contributed by atoms with E-state index in [1.54, 1.807) is 0 Å². The topological polar surface area (TPSA) is 6.48 Å². The van der Waals surface area contributed by atoms with Crippen molar-refractivity contribution >= 4 is 11.4 Å². The molecule has 0 unspecified atom stereocenters. The van der Waals surface area contributed by atoms with E-state index in [1.165, 1.54) is 11.4 Å². The molecule has 114 valence electrons. The van der Waals surface area contributed by atoms with Crippen LogP contribution in [-0.2, 0) is 0 Å². The van der Waals surface area contributed by atoms with Gasteiger partial charge in [0.15, 0.2) is 0 Å². The highest BCUT2D eigenvalue weighted by molar-refractivity contribution is 5.54. The van der Waals surface area contributed by atoms with Crippen LogP contribution in [-0.4, -0.2) is 19.8 Å². The molecule has 0 aromatic heterocycles. The molecule has 1 saturated heterocycles. The van der Waals surface area contributed by atoms with E-state index >= 15 is 0 Å². The molecule has 2 heteroatoms. The van der Waals surface area contributed by atoms with Gasteiger partial charge in [-0.15, -0.1) is 0 Å². The molecule has 0 N–H and O–H groups in total. The van der Waals surface area contributed by atoms with E-state index in [4.69, 9.17) is 0 Å². The van der Waals surface area contributed by atoms with Crippen molar-refractivity contribution in [1.82, 2.24) is 0 Å². The second kappa shape index (κ2) is 9.87. The van der Waals surface area contributed by atoms with Crippen molar-refractivity contribution in [2.45, 2.75) is 27.7 Å². The minimum absolute atomic E-state index is 0.980. The van der Waals surface area contributed by atoms with Gasteiger partial charge >= 0.3 is 0 Å². The molecule has 0 radical (unpaired) electrons. The molecule has 1 fully saturated rings. The minimum atomic E-state index is 0.980. The lowest BCUT2D eigenvalue weighted by Crippen LogP contribution is -2.24. The zero-order valence-electron chi connectivity index (χ0n) is 13.8. The van der Waals surface area contributed by atoms with Gasteiger partial charge in [-0.05, 0) is 24.3 Å². The minimum Gasteiger partial charge on any atom is -0.352 e. The molecule has 1 aliphatic rings. The van der Waals surface area contributed by atoms with Gasteiger partial charge in [-0.2, -0.15) is 0 Å². The van der Waals surface area contributed by atoms with E-state index in [2.05, 4.69) is 70.5 Å². The largest absolute Gasteiger partial charge is 0.352 e. The van der Waals surface area contributed by atoms with E-state index in [0.717, 1.165) is 19.8 Å². The second-order valence-electron chi connectivity index (χ2n) is 4.34. The van der Waals surface area contributed by atoms with Gasteiger partial charge in [0.25, 0.3) is 0 Å². The summed E-state index contributed by atoms with van der Waals surface area (Å²) in [6.07, 6.45) is 0. The maximum Gasteiger partial charge on any atom is 0.0904 e. The van der Waals surface area contributed by atoms with Gasteiger partial charge in [0, 0.05) is 24.5 Å². The van der Waals surface area contributed by atoms with Gasteiger partial charge in [0.05, 0.1) is 6.67 Å². The molecular formula is C19H28N2. The molecule has 0 saturated carbocycles. The van der Waals surface area contributed by atoms with Crippen molar-refractivity contribution < 1.29 is 0 Å². The molecule has 0 aliphatic carbocycles. The van der Waals surface area contributed by atoms with Crippen LogP contribution < -0.4 is 9.80 Å². The first kappa shape index (κ1) is 17.1. The molecule has 2 nitrogen and oxygen atoms in total. The average Bonchev–Trinajstić information content (AvgIpc) is 3.10. The van der Waals surface area contributed by atoms with Crippen LogP contribution in [0.15, 0.2) is 60.7 Å². The van der Waals surface area contributed by atoms with Gasteiger partial charge in [-0.25, -0.2) is 0 Å². The zero-order valence-corrected chi connectivity index (χ0v) is 13.8. The molecule has 0 atom stereocenters. The third-order valence-electron chi connectivity index (χ3n) is 3.22. The number of para-hydroxylation sites is 2. The predicted molar refractivity (Wildman–Crippen MR) is 95.1 cm³/mol. The number of benzene rings is 2. The van der Waals surface area contributed by atoms with Gasteiger partial charge in [-0.3, -0.25) is 0 Å². The molecule has 2 aromatic carbocycles. The van der Waals surface area contributed by atoms with Crippen molar-refractivity contribution in [2.24, 2.45) is 0 Å². The number of nitrogens with zero attached hydrogens (tertiary/aromatic N) is 2. The van der Waals surface area contributed by atoms with Crippen LogP contribution in [0.5, 0.6) is 0 Å². The highest BCUT2D eigenvalue weighted by Gasteiger charge is 2.19. The summed E-state index contributed by atoms with van der Waals surface area (Å²) in [6, 6.07) is 21.2. The highest BCUT2D eigenvalue weighted by atomic mass is 15.4. The Labute approximate surface area is 130 Å². The molecule has 0 spiro atoms. The fraction of sp³-hybridized carbons (Fsp3) is 0.368. The number of hydrogen-bond acceptors (Lipinski definition) is 2. The quantitative estimate of drug-likeness (QED) is 0.763. The van der Waals surface area contributed by atoms with Crippen molar-refractivity contribution in [3.05, 3.63) is 60.7 Å². The summed E-state index contributed by atoms with van der Waals surface area (Å²) < 4.78 is 0. The Morgan fingerprint density at radius 1 is 0.571 bits per heavy atom. The summed E-state index contributed by atoms with van der Waals surface area (Å²) in [4.78, 5) is 4.82. The third kappa shape index (κ3) is 4.82. The molecule has 1 aliphatic heterocycles. The molecule has 0 amide bonds. The first-order chi connectivity index (χ1) is 10.4. The fourth-order valence-corrected chi connectivity index (χ4v) is 2.29. The molecule has 3 rings (SSSR count). The Morgan fingerprint density at radius 2 is 0.905 bits per heavy atom. The van der Waals surface area contributed by atoms with Gasteiger partial charge in [0.2, 0.25) is 0 Å². The SMILES string of the molecule is CC.CC.c1ccc(N2CCN(c3ccccc3)C2)cc1. The van der Waals surface area contributed by atoms with Crippen molar-refractivity contribution in [1.29, 1.82) is 0 Å². The summed E-state index contributed by atoms with van der Waals surface area (Å²) in [5.74, 6) is 0. The van der Waals surface area contributed by atoms with Crippen LogP contribution in [0.3, 0.4) is 0 Å². The lowest BCUT2D eigenvalue weighted by atomic mass is 10.3. The normalized spacial score (nSPS) is 13.0. The van der Waals surface area contributed by atoms with Gasteiger partial charge in [0.1, 0.15) is 0 Å². The van der Waals surface area contributed by atoms with Crippen LogP contribution in [0.1, 0.15) is 27.7 Å². The number of rotatable bonds is 2.